The van der Waals surface area contributed by atoms with Crippen LogP contribution in [0.15, 0.2) is 28.9 Å². The molecule has 0 saturated carbocycles. The predicted octanol–water partition coefficient (Wildman–Crippen LogP) is 1.47. The Labute approximate surface area is 97.8 Å². The Morgan fingerprint density at radius 3 is 2.82 bits per heavy atom. The van der Waals surface area contributed by atoms with Gasteiger partial charge in [0.15, 0.2) is 0 Å². The summed E-state index contributed by atoms with van der Waals surface area (Å²) in [6.45, 7) is 2.01. The number of nitrogens with two attached hydrogens (primary N) is 1. The molecule has 2 rings (SSSR count). The fourth-order valence-corrected chi connectivity index (χ4v) is 1.49. The Balaban J connectivity index is 2.22. The van der Waals surface area contributed by atoms with Gasteiger partial charge in [0, 0.05) is 5.69 Å². The fraction of sp³-hybridized carbons (Fsp3) is 0.182. The molecule has 88 valence electrons. The third-order valence-electron chi connectivity index (χ3n) is 2.38. The van der Waals surface area contributed by atoms with Gasteiger partial charge in [0.1, 0.15) is 0 Å². The first kappa shape index (κ1) is 11.1. The zero-order valence-corrected chi connectivity index (χ0v) is 9.30. The van der Waals surface area contributed by atoms with E-state index < -0.39 is 5.91 Å². The molecule has 0 bridgehead atoms. The first-order chi connectivity index (χ1) is 8.22. The van der Waals surface area contributed by atoms with Crippen LogP contribution in [0.2, 0.25) is 0 Å². The molecule has 1 heterocycles. The van der Waals surface area contributed by atoms with Crippen LogP contribution in [0, 0.1) is 0 Å². The third kappa shape index (κ3) is 2.25. The molecule has 0 atom stereocenters. The second-order valence-corrected chi connectivity index (χ2v) is 3.46. The largest absolute Gasteiger partial charge is 0.379 e. The van der Waals surface area contributed by atoms with Crippen LogP contribution in [0.4, 0.5) is 11.5 Å². The van der Waals surface area contributed by atoms with E-state index >= 15 is 0 Å². The lowest BCUT2D eigenvalue weighted by Gasteiger charge is -2.07. The van der Waals surface area contributed by atoms with Crippen molar-refractivity contribution in [1.29, 1.82) is 0 Å². The Hall–Kier alpha value is -2.37. The number of carbonyl (C=O) groups excluding carboxylic acids is 1. The highest BCUT2D eigenvalue weighted by atomic mass is 16.6. The van der Waals surface area contributed by atoms with Gasteiger partial charge in [-0.3, -0.25) is 4.79 Å². The maximum atomic E-state index is 11.8. The first-order valence-electron chi connectivity index (χ1n) is 5.19. The van der Waals surface area contributed by atoms with Gasteiger partial charge in [-0.1, -0.05) is 25.1 Å². The van der Waals surface area contributed by atoms with Crippen molar-refractivity contribution in [3.63, 3.8) is 0 Å². The van der Waals surface area contributed by atoms with Gasteiger partial charge in [0.25, 0.3) is 5.91 Å². The minimum absolute atomic E-state index is 0.00379. The molecule has 0 aliphatic carbocycles. The van der Waals surface area contributed by atoms with Gasteiger partial charge in [-0.15, -0.1) is 0 Å². The van der Waals surface area contributed by atoms with Crippen molar-refractivity contribution < 1.29 is 9.42 Å². The highest BCUT2D eigenvalue weighted by Crippen LogP contribution is 2.17. The Kier molecular flexibility index (Phi) is 3.04. The Bertz CT molecular complexity index is 536. The average molecular weight is 232 g/mol. The average Bonchev–Trinajstić information content (AvgIpc) is 2.76. The second-order valence-electron chi connectivity index (χ2n) is 3.46. The lowest BCUT2D eigenvalue weighted by atomic mass is 10.1. The Morgan fingerprint density at radius 1 is 1.41 bits per heavy atom. The smallest absolute Gasteiger partial charge is 0.281 e. The molecule has 1 aromatic carbocycles. The van der Waals surface area contributed by atoms with E-state index in [0.717, 1.165) is 17.7 Å². The lowest BCUT2D eigenvalue weighted by molar-refractivity contribution is 0.101. The molecule has 0 fully saturated rings. The number of hydrogen-bond donors (Lipinski definition) is 2. The molecule has 6 nitrogen and oxygen atoms in total. The predicted molar refractivity (Wildman–Crippen MR) is 62.5 cm³/mol. The second kappa shape index (κ2) is 4.65. The number of hydrogen-bond acceptors (Lipinski definition) is 5. The van der Waals surface area contributed by atoms with Crippen LogP contribution in [0.1, 0.15) is 23.0 Å². The van der Waals surface area contributed by atoms with E-state index in [9.17, 15) is 4.79 Å². The van der Waals surface area contributed by atoms with Gasteiger partial charge in [0.2, 0.25) is 11.5 Å². The van der Waals surface area contributed by atoms with E-state index in [1.165, 1.54) is 0 Å². The summed E-state index contributed by atoms with van der Waals surface area (Å²) in [6, 6.07) is 7.53. The van der Waals surface area contributed by atoms with Gasteiger partial charge >= 0.3 is 0 Å². The van der Waals surface area contributed by atoms with Crippen molar-refractivity contribution in [2.75, 3.05) is 11.1 Å². The number of aromatic nitrogens is 2. The molecule has 1 aromatic heterocycles. The number of nitrogen functional groups attached to an aromatic ring is 1. The van der Waals surface area contributed by atoms with E-state index in [0.29, 0.717) is 0 Å². The summed E-state index contributed by atoms with van der Waals surface area (Å²) in [5.74, 6) is -0.443. The molecule has 17 heavy (non-hydrogen) atoms. The third-order valence-corrected chi connectivity index (χ3v) is 2.38. The number of nitrogens with zero attached hydrogens (tertiary/aromatic N) is 2. The van der Waals surface area contributed by atoms with Crippen LogP contribution in [0.3, 0.4) is 0 Å². The number of amides is 1. The highest BCUT2D eigenvalue weighted by Gasteiger charge is 2.16. The lowest BCUT2D eigenvalue weighted by Crippen LogP contribution is -2.15. The molecule has 0 unspecified atom stereocenters. The van der Waals surface area contributed by atoms with E-state index in [1.807, 2.05) is 31.2 Å². The number of aryl methyl sites for hydroxylation is 1. The van der Waals surface area contributed by atoms with Crippen LogP contribution < -0.4 is 11.1 Å². The van der Waals surface area contributed by atoms with Crippen molar-refractivity contribution in [3.05, 3.63) is 35.5 Å². The maximum absolute atomic E-state index is 11.8. The van der Waals surface area contributed by atoms with Crippen LogP contribution in [-0.4, -0.2) is 16.2 Å². The van der Waals surface area contributed by atoms with Crippen molar-refractivity contribution in [1.82, 2.24) is 10.3 Å². The molecule has 2 aromatic rings. The minimum Gasteiger partial charge on any atom is -0.379 e. The highest BCUT2D eigenvalue weighted by molar-refractivity contribution is 6.05. The summed E-state index contributed by atoms with van der Waals surface area (Å²) in [4.78, 5) is 11.8. The molecule has 0 saturated heterocycles. The summed E-state index contributed by atoms with van der Waals surface area (Å²) in [5, 5.41) is 9.52. The Morgan fingerprint density at radius 2 is 2.18 bits per heavy atom. The van der Waals surface area contributed by atoms with Crippen molar-refractivity contribution >= 4 is 17.4 Å². The number of rotatable bonds is 3. The van der Waals surface area contributed by atoms with Crippen LogP contribution in [0.25, 0.3) is 0 Å². The van der Waals surface area contributed by atoms with Gasteiger partial charge in [0.05, 0.1) is 0 Å². The molecule has 0 spiro atoms. The summed E-state index contributed by atoms with van der Waals surface area (Å²) in [5.41, 5.74) is 7.21. The fourth-order valence-electron chi connectivity index (χ4n) is 1.49. The van der Waals surface area contributed by atoms with Gasteiger partial charge in [-0.25, -0.2) is 4.63 Å². The summed E-state index contributed by atoms with van der Waals surface area (Å²) in [6.07, 6.45) is 0.822. The first-order valence-corrected chi connectivity index (χ1v) is 5.19. The molecule has 3 N–H and O–H groups in total. The molecular formula is C11H12N4O2. The molecule has 0 aliphatic heterocycles. The molecular weight excluding hydrogens is 220 g/mol. The van der Waals surface area contributed by atoms with E-state index in [1.54, 1.807) is 0 Å². The zero-order valence-electron chi connectivity index (χ0n) is 9.30. The molecule has 1 amide bonds. The molecule has 0 aliphatic rings. The summed E-state index contributed by atoms with van der Waals surface area (Å²) in [7, 11) is 0. The topological polar surface area (TPSA) is 94.0 Å². The SMILES string of the molecule is CCc1ccccc1NC(=O)c1nonc1N. The van der Waals surface area contributed by atoms with E-state index in [2.05, 4.69) is 20.3 Å². The van der Waals surface area contributed by atoms with E-state index in [-0.39, 0.29) is 11.5 Å². The normalized spacial score (nSPS) is 10.2. The molecule has 0 radical (unpaired) electrons. The van der Waals surface area contributed by atoms with Crippen LogP contribution in [-0.2, 0) is 6.42 Å². The zero-order chi connectivity index (χ0) is 12.3. The van der Waals surface area contributed by atoms with Gasteiger partial charge < -0.3 is 11.1 Å². The van der Waals surface area contributed by atoms with Gasteiger partial charge in [-0.05, 0) is 28.4 Å². The quantitative estimate of drug-likeness (QED) is 0.835. The van der Waals surface area contributed by atoms with Crippen LogP contribution >= 0.6 is 0 Å². The van der Waals surface area contributed by atoms with Gasteiger partial charge in [-0.2, -0.15) is 0 Å². The van der Waals surface area contributed by atoms with Crippen LogP contribution in [0.5, 0.6) is 0 Å². The van der Waals surface area contributed by atoms with Crippen molar-refractivity contribution in [2.45, 2.75) is 13.3 Å². The van der Waals surface area contributed by atoms with E-state index in [4.69, 9.17) is 5.73 Å². The number of benzene rings is 1. The summed E-state index contributed by atoms with van der Waals surface area (Å²) >= 11 is 0. The molecule has 6 heteroatoms. The number of para-hydroxylation sites is 1. The van der Waals surface area contributed by atoms with Crippen molar-refractivity contribution in [3.8, 4) is 0 Å². The standard InChI is InChI=1S/C11H12N4O2/c1-2-7-5-3-4-6-8(7)13-11(16)9-10(12)15-17-14-9/h3-6H,2H2,1H3,(H2,12,15)(H,13,16). The minimum atomic E-state index is -0.426. The number of carbonyl (C=O) groups is 1. The van der Waals surface area contributed by atoms with Crippen molar-refractivity contribution in [2.24, 2.45) is 0 Å². The monoisotopic (exact) mass is 232 g/mol. The summed E-state index contributed by atoms with van der Waals surface area (Å²) < 4.78 is 4.37. The maximum Gasteiger partial charge on any atom is 0.281 e. The number of anilines is 2. The number of nitrogens with one attached hydrogen (secondary N) is 1.